The van der Waals surface area contributed by atoms with Crippen LogP contribution in [0.25, 0.3) is 28.6 Å². The first kappa shape index (κ1) is 19.4. The van der Waals surface area contributed by atoms with Gasteiger partial charge < -0.3 is 9.63 Å². The summed E-state index contributed by atoms with van der Waals surface area (Å²) in [7, 11) is 0. The zero-order chi connectivity index (χ0) is 21.6. The van der Waals surface area contributed by atoms with Crippen LogP contribution in [0.5, 0.6) is 0 Å². The number of benzene rings is 1. The smallest absolute Gasteiger partial charge is 0.394 e. The molecule has 4 aromatic rings. The van der Waals surface area contributed by atoms with Gasteiger partial charge in [0.2, 0.25) is 5.82 Å². The summed E-state index contributed by atoms with van der Waals surface area (Å²) < 4.78 is 45.0. The van der Waals surface area contributed by atoms with Crippen molar-refractivity contribution in [1.82, 2.24) is 24.7 Å². The van der Waals surface area contributed by atoms with Gasteiger partial charge in [0, 0.05) is 11.3 Å². The average Bonchev–Trinajstić information content (AvgIpc) is 3.48. The molecule has 0 spiro atoms. The van der Waals surface area contributed by atoms with Gasteiger partial charge >= 0.3 is 6.18 Å². The van der Waals surface area contributed by atoms with Crippen molar-refractivity contribution in [1.29, 1.82) is 0 Å². The first-order chi connectivity index (χ1) is 14.9. The molecule has 11 heteroatoms. The van der Waals surface area contributed by atoms with E-state index < -0.39 is 11.9 Å². The summed E-state index contributed by atoms with van der Waals surface area (Å²) in [6.07, 6.45) is -1.71. The van der Waals surface area contributed by atoms with E-state index in [0.29, 0.717) is 12.4 Å². The van der Waals surface area contributed by atoms with Crippen LogP contribution in [-0.4, -0.2) is 48.7 Å². The normalized spacial score (nSPS) is 15.2. The topological polar surface area (TPSA) is 102 Å². The Labute approximate surface area is 173 Å². The highest BCUT2D eigenvalue weighted by Gasteiger charge is 2.33. The summed E-state index contributed by atoms with van der Waals surface area (Å²) in [6, 6.07) is 7.82. The summed E-state index contributed by atoms with van der Waals surface area (Å²) >= 11 is 0. The largest absolute Gasteiger partial charge is 0.435 e. The van der Waals surface area contributed by atoms with Gasteiger partial charge in [-0.1, -0.05) is 23.4 Å². The highest BCUT2D eigenvalue weighted by Crippen LogP contribution is 2.33. The van der Waals surface area contributed by atoms with Crippen molar-refractivity contribution in [2.75, 3.05) is 13.2 Å². The molecular formula is C20H15F3N6O2. The lowest BCUT2D eigenvalue weighted by Gasteiger charge is -2.04. The monoisotopic (exact) mass is 428 g/mol. The molecule has 0 fully saturated rings. The Morgan fingerprint density at radius 2 is 1.94 bits per heavy atom. The quantitative estimate of drug-likeness (QED) is 0.536. The van der Waals surface area contributed by atoms with E-state index in [1.807, 2.05) is 18.2 Å². The summed E-state index contributed by atoms with van der Waals surface area (Å²) in [6.45, 7) is 0.342. The molecule has 0 amide bonds. The Morgan fingerprint density at radius 3 is 2.74 bits per heavy atom. The first-order valence-electron chi connectivity index (χ1n) is 9.48. The second kappa shape index (κ2) is 7.27. The minimum absolute atomic E-state index is 0.00887. The molecule has 5 rings (SSSR count). The number of hydrogen-bond acceptors (Lipinski definition) is 7. The summed E-state index contributed by atoms with van der Waals surface area (Å²) in [5.41, 5.74) is 3.20. The molecule has 8 nitrogen and oxygen atoms in total. The number of rotatable bonds is 4. The Kier molecular flexibility index (Phi) is 4.54. The molecule has 0 saturated heterocycles. The zero-order valence-electron chi connectivity index (χ0n) is 16.0. The molecule has 0 atom stereocenters. The van der Waals surface area contributed by atoms with Crippen molar-refractivity contribution in [2.24, 2.45) is 4.99 Å². The Hall–Kier alpha value is -3.60. The van der Waals surface area contributed by atoms with Crippen LogP contribution in [0.15, 0.2) is 46.0 Å². The summed E-state index contributed by atoms with van der Waals surface area (Å²) in [4.78, 5) is 13.0. The molecule has 0 unspecified atom stereocenters. The molecule has 3 aromatic heterocycles. The van der Waals surface area contributed by atoms with Crippen LogP contribution < -0.4 is 0 Å². The number of aliphatic hydroxyl groups is 1. The maximum absolute atomic E-state index is 12.9. The SMILES string of the molecule is OCCN=C1CCc2c1cccc2-c1noc(-c2cn3nc(C(F)(F)F)ccc3n2)n1. The van der Waals surface area contributed by atoms with Crippen molar-refractivity contribution in [3.8, 4) is 23.0 Å². The standard InChI is InChI=1S/C20H15F3N6O2/c21-20(22,23)16-6-7-17-25-15(10-29(17)27-16)19-26-18(28-31-19)13-3-1-2-12-11(13)4-5-14(12)24-8-9-30/h1-3,6-7,10,30H,4-5,8-9H2. The molecule has 1 aliphatic carbocycles. The summed E-state index contributed by atoms with van der Waals surface area (Å²) in [5.74, 6) is 0.440. The van der Waals surface area contributed by atoms with Crippen LogP contribution >= 0.6 is 0 Å². The number of alkyl halides is 3. The molecule has 31 heavy (non-hydrogen) atoms. The van der Waals surface area contributed by atoms with E-state index in [-0.39, 0.29) is 23.8 Å². The van der Waals surface area contributed by atoms with Crippen LogP contribution in [0.1, 0.15) is 23.2 Å². The lowest BCUT2D eigenvalue weighted by atomic mass is 10.0. The fourth-order valence-corrected chi connectivity index (χ4v) is 3.64. The molecule has 1 N–H and O–H groups in total. The fourth-order valence-electron chi connectivity index (χ4n) is 3.64. The fraction of sp³-hybridized carbons (Fsp3) is 0.250. The highest BCUT2D eigenvalue weighted by molar-refractivity contribution is 6.06. The van der Waals surface area contributed by atoms with E-state index in [1.165, 1.54) is 12.3 Å². The van der Waals surface area contributed by atoms with Gasteiger partial charge in [0.1, 0.15) is 5.69 Å². The van der Waals surface area contributed by atoms with E-state index in [2.05, 4.69) is 25.2 Å². The van der Waals surface area contributed by atoms with Crippen LogP contribution in [0.3, 0.4) is 0 Å². The second-order valence-electron chi connectivity index (χ2n) is 6.95. The van der Waals surface area contributed by atoms with Crippen molar-refractivity contribution in [3.05, 3.63) is 53.3 Å². The molecule has 3 heterocycles. The summed E-state index contributed by atoms with van der Waals surface area (Å²) in [5, 5.41) is 16.6. The molecular weight excluding hydrogens is 413 g/mol. The van der Waals surface area contributed by atoms with Gasteiger partial charge in [-0.2, -0.15) is 23.3 Å². The second-order valence-corrected chi connectivity index (χ2v) is 6.95. The Bertz CT molecular complexity index is 1310. The van der Waals surface area contributed by atoms with Crippen molar-refractivity contribution in [3.63, 3.8) is 0 Å². The lowest BCUT2D eigenvalue weighted by molar-refractivity contribution is -0.141. The van der Waals surface area contributed by atoms with Gasteiger partial charge in [0.05, 0.1) is 19.3 Å². The number of imidazole rings is 1. The van der Waals surface area contributed by atoms with Gasteiger partial charge in [0.15, 0.2) is 11.3 Å². The Balaban J connectivity index is 1.50. The number of hydrogen-bond donors (Lipinski definition) is 1. The lowest BCUT2D eigenvalue weighted by Crippen LogP contribution is -2.10. The highest BCUT2D eigenvalue weighted by atomic mass is 19.4. The van der Waals surface area contributed by atoms with Gasteiger partial charge in [-0.05, 0) is 36.1 Å². The minimum Gasteiger partial charge on any atom is -0.394 e. The van der Waals surface area contributed by atoms with Crippen molar-refractivity contribution in [2.45, 2.75) is 19.0 Å². The van der Waals surface area contributed by atoms with E-state index in [0.717, 1.165) is 45.8 Å². The van der Waals surface area contributed by atoms with E-state index in [4.69, 9.17) is 9.63 Å². The molecule has 1 aliphatic rings. The van der Waals surface area contributed by atoms with Crippen molar-refractivity contribution >= 4 is 11.4 Å². The molecule has 0 aliphatic heterocycles. The van der Waals surface area contributed by atoms with E-state index in [1.54, 1.807) is 0 Å². The zero-order valence-corrected chi connectivity index (χ0v) is 16.0. The van der Waals surface area contributed by atoms with Gasteiger partial charge in [-0.3, -0.25) is 4.99 Å². The molecule has 0 bridgehead atoms. The number of halogens is 3. The molecule has 0 radical (unpaired) electrons. The van der Waals surface area contributed by atoms with E-state index >= 15 is 0 Å². The Morgan fingerprint density at radius 1 is 1.10 bits per heavy atom. The number of nitrogens with zero attached hydrogens (tertiary/aromatic N) is 6. The molecule has 158 valence electrons. The van der Waals surface area contributed by atoms with Crippen LogP contribution in [0.4, 0.5) is 13.2 Å². The third-order valence-electron chi connectivity index (χ3n) is 5.00. The number of aliphatic hydroxyl groups excluding tert-OH is 1. The average molecular weight is 428 g/mol. The maximum Gasteiger partial charge on any atom is 0.435 e. The van der Waals surface area contributed by atoms with Crippen LogP contribution in [0, 0.1) is 0 Å². The third kappa shape index (κ3) is 3.46. The van der Waals surface area contributed by atoms with Gasteiger partial charge in [-0.15, -0.1) is 0 Å². The van der Waals surface area contributed by atoms with Crippen LogP contribution in [-0.2, 0) is 12.6 Å². The first-order valence-corrected chi connectivity index (χ1v) is 9.48. The van der Waals surface area contributed by atoms with E-state index in [9.17, 15) is 13.2 Å². The maximum atomic E-state index is 12.9. The third-order valence-corrected chi connectivity index (χ3v) is 5.00. The van der Waals surface area contributed by atoms with Gasteiger partial charge in [-0.25, -0.2) is 9.50 Å². The predicted octanol–water partition coefficient (Wildman–Crippen LogP) is 3.19. The number of fused-ring (bicyclic) bond motifs is 2. The van der Waals surface area contributed by atoms with Crippen LogP contribution in [0.2, 0.25) is 0 Å². The number of aromatic nitrogens is 5. The minimum atomic E-state index is -4.55. The molecule has 0 saturated carbocycles. The van der Waals surface area contributed by atoms with Gasteiger partial charge in [0.25, 0.3) is 5.89 Å². The molecule has 1 aromatic carbocycles. The van der Waals surface area contributed by atoms with Crippen molar-refractivity contribution < 1.29 is 22.8 Å². The number of aliphatic imine (C=N–C) groups is 1. The predicted molar refractivity (Wildman–Crippen MR) is 104 cm³/mol.